The van der Waals surface area contributed by atoms with E-state index in [0.29, 0.717) is 32.5 Å². The van der Waals surface area contributed by atoms with Crippen molar-refractivity contribution in [2.45, 2.75) is 50.9 Å². The molecule has 0 spiro atoms. The molecule has 35 heavy (non-hydrogen) atoms. The molecule has 4 amide bonds. The van der Waals surface area contributed by atoms with Crippen molar-refractivity contribution in [2.75, 3.05) is 33.3 Å². The van der Waals surface area contributed by atoms with E-state index >= 15 is 0 Å². The minimum absolute atomic E-state index is 0.105. The number of amides is 4. The van der Waals surface area contributed by atoms with Crippen molar-refractivity contribution in [3.8, 4) is 0 Å². The van der Waals surface area contributed by atoms with Gasteiger partial charge in [0.1, 0.15) is 11.6 Å². The minimum Gasteiger partial charge on any atom is -0.391 e. The van der Waals surface area contributed by atoms with E-state index < -0.39 is 35.6 Å². The molecule has 190 valence electrons. The molecule has 1 aliphatic heterocycles. The molecule has 3 rings (SSSR count). The van der Waals surface area contributed by atoms with E-state index in [1.165, 1.54) is 12.0 Å². The molecule has 0 bridgehead atoms. The first kappa shape index (κ1) is 26.6. The molecule has 0 unspecified atom stereocenters. The van der Waals surface area contributed by atoms with E-state index in [1.807, 2.05) is 42.5 Å². The molecule has 0 radical (unpaired) electrons. The molecule has 2 aromatic rings. The fourth-order valence-electron chi connectivity index (χ4n) is 4.13. The van der Waals surface area contributed by atoms with Crippen molar-refractivity contribution in [1.82, 2.24) is 15.1 Å². The Morgan fingerprint density at radius 3 is 2.57 bits per heavy atom. The lowest BCUT2D eigenvalue weighted by molar-refractivity contribution is -0.153. The van der Waals surface area contributed by atoms with E-state index in [9.17, 15) is 19.5 Å². The quantitative estimate of drug-likeness (QED) is 0.465. The van der Waals surface area contributed by atoms with Gasteiger partial charge in [0, 0.05) is 33.2 Å². The molecular formula is C26H36N4O5. The van der Waals surface area contributed by atoms with Crippen LogP contribution in [0.25, 0.3) is 10.8 Å². The summed E-state index contributed by atoms with van der Waals surface area (Å²) in [5, 5.41) is 14.9. The number of nitrogens with one attached hydrogen (secondary N) is 1. The highest BCUT2D eigenvalue weighted by atomic mass is 16.5. The third kappa shape index (κ3) is 6.36. The number of aliphatic hydroxyl groups is 1. The Balaban J connectivity index is 2.01. The largest absolute Gasteiger partial charge is 0.391 e. The van der Waals surface area contributed by atoms with Crippen molar-refractivity contribution >= 4 is 28.6 Å². The predicted molar refractivity (Wildman–Crippen MR) is 134 cm³/mol. The summed E-state index contributed by atoms with van der Waals surface area (Å²) in [5.74, 6) is -1.06. The molecule has 0 saturated carbocycles. The number of benzene rings is 2. The van der Waals surface area contributed by atoms with Gasteiger partial charge < -0.3 is 25.8 Å². The second-order valence-corrected chi connectivity index (χ2v) is 9.40. The lowest BCUT2D eigenvalue weighted by atomic mass is 9.98. The zero-order valence-corrected chi connectivity index (χ0v) is 20.7. The van der Waals surface area contributed by atoms with Crippen molar-refractivity contribution in [1.29, 1.82) is 0 Å². The third-order valence-corrected chi connectivity index (χ3v) is 6.42. The summed E-state index contributed by atoms with van der Waals surface area (Å²) in [7, 11) is 1.39. The first-order valence-electron chi connectivity index (χ1n) is 12.0. The highest BCUT2D eigenvalue weighted by molar-refractivity contribution is 6.03. The topological polar surface area (TPSA) is 125 Å². The number of aliphatic hydroxyl groups excluding tert-OH is 1. The summed E-state index contributed by atoms with van der Waals surface area (Å²) < 4.78 is 5.39. The van der Waals surface area contributed by atoms with E-state index in [4.69, 9.17) is 10.5 Å². The van der Waals surface area contributed by atoms with Crippen LogP contribution in [0.5, 0.6) is 0 Å². The van der Waals surface area contributed by atoms with Crippen LogP contribution in [-0.4, -0.2) is 83.8 Å². The highest BCUT2D eigenvalue weighted by Gasteiger charge is 2.44. The normalized spacial score (nSPS) is 16.8. The van der Waals surface area contributed by atoms with Gasteiger partial charge in [0.25, 0.3) is 5.91 Å². The lowest BCUT2D eigenvalue weighted by Gasteiger charge is -2.36. The maximum Gasteiger partial charge on any atom is 0.327 e. The summed E-state index contributed by atoms with van der Waals surface area (Å²) in [6.45, 7) is 4.26. The Bertz CT molecular complexity index is 1060. The molecule has 4 N–H and O–H groups in total. The number of nitrogens with two attached hydrogens (primary N) is 1. The molecule has 2 aromatic carbocycles. The van der Waals surface area contributed by atoms with Crippen LogP contribution < -0.4 is 11.1 Å². The van der Waals surface area contributed by atoms with Gasteiger partial charge in [0.15, 0.2) is 0 Å². The standard InChI is InChI=1S/C26H36N4O5/c1-26(2,35-3)24(33)30(25(34)29-14-11-21(31)17-29)22(23(32)28-13-6-12-27)16-18-9-10-19-7-4-5-8-20(19)15-18/h4-5,7-10,15,21-22,31H,6,11-14,16-17,27H2,1-3H3,(H,28,32)/t21-,22-/m1/s1. The van der Waals surface area contributed by atoms with Crippen molar-refractivity contribution < 1.29 is 24.2 Å². The predicted octanol–water partition coefficient (Wildman–Crippen LogP) is 1.66. The fourth-order valence-corrected chi connectivity index (χ4v) is 4.13. The van der Waals surface area contributed by atoms with Crippen LogP contribution in [0.1, 0.15) is 32.3 Å². The molecule has 9 heteroatoms. The fraction of sp³-hybridized carbons (Fsp3) is 0.500. The molecule has 0 aliphatic carbocycles. The molecule has 1 saturated heterocycles. The number of imide groups is 1. The number of likely N-dealkylation sites (tertiary alicyclic amines) is 1. The maximum atomic E-state index is 13.6. The van der Waals surface area contributed by atoms with Gasteiger partial charge in [0.2, 0.25) is 5.91 Å². The van der Waals surface area contributed by atoms with Crippen LogP contribution in [0.2, 0.25) is 0 Å². The molecule has 2 atom stereocenters. The average molecular weight is 485 g/mol. The summed E-state index contributed by atoms with van der Waals surface area (Å²) >= 11 is 0. The van der Waals surface area contributed by atoms with Crippen LogP contribution in [0.4, 0.5) is 4.79 Å². The number of hydrogen-bond acceptors (Lipinski definition) is 6. The van der Waals surface area contributed by atoms with Crippen LogP contribution in [0.15, 0.2) is 42.5 Å². The first-order chi connectivity index (χ1) is 16.7. The van der Waals surface area contributed by atoms with Gasteiger partial charge in [-0.3, -0.25) is 9.59 Å². The zero-order chi connectivity index (χ0) is 25.6. The second-order valence-electron chi connectivity index (χ2n) is 9.40. The van der Waals surface area contributed by atoms with Gasteiger partial charge in [-0.25, -0.2) is 9.69 Å². The van der Waals surface area contributed by atoms with Crippen molar-refractivity contribution in [3.63, 3.8) is 0 Å². The summed E-state index contributed by atoms with van der Waals surface area (Å²) in [6, 6.07) is 11.9. The Kier molecular flexibility index (Phi) is 8.82. The maximum absolute atomic E-state index is 13.6. The van der Waals surface area contributed by atoms with Gasteiger partial charge in [0.05, 0.1) is 6.10 Å². The van der Waals surface area contributed by atoms with Gasteiger partial charge in [-0.15, -0.1) is 0 Å². The number of fused-ring (bicyclic) bond motifs is 1. The van der Waals surface area contributed by atoms with Gasteiger partial charge in [-0.2, -0.15) is 0 Å². The third-order valence-electron chi connectivity index (χ3n) is 6.42. The Hall–Kier alpha value is -3.01. The second kappa shape index (κ2) is 11.6. The van der Waals surface area contributed by atoms with E-state index in [1.54, 1.807) is 13.8 Å². The van der Waals surface area contributed by atoms with Gasteiger partial charge >= 0.3 is 6.03 Å². The van der Waals surface area contributed by atoms with E-state index in [2.05, 4.69) is 5.32 Å². The molecule has 0 aromatic heterocycles. The SMILES string of the molecule is COC(C)(C)C(=O)N(C(=O)N1CC[C@@H](O)C1)[C@H](Cc1ccc2ccccc2c1)C(=O)NCCCN. The van der Waals surface area contributed by atoms with E-state index in [-0.39, 0.29) is 13.0 Å². The number of urea groups is 1. The van der Waals surface area contributed by atoms with E-state index in [0.717, 1.165) is 21.2 Å². The lowest BCUT2D eigenvalue weighted by Crippen LogP contribution is -2.61. The Labute approximate surface area is 206 Å². The van der Waals surface area contributed by atoms with Crippen LogP contribution in [0, 0.1) is 0 Å². The number of carbonyl (C=O) groups excluding carboxylic acids is 3. The molecule has 1 heterocycles. The molecule has 9 nitrogen and oxygen atoms in total. The first-order valence-corrected chi connectivity index (χ1v) is 12.0. The zero-order valence-electron chi connectivity index (χ0n) is 20.7. The Morgan fingerprint density at radius 2 is 1.94 bits per heavy atom. The van der Waals surface area contributed by atoms with Crippen LogP contribution in [0.3, 0.4) is 0 Å². The molecule has 1 aliphatic rings. The van der Waals surface area contributed by atoms with Crippen molar-refractivity contribution in [3.05, 3.63) is 48.0 Å². The number of ether oxygens (including phenoxy) is 1. The van der Waals surface area contributed by atoms with Gasteiger partial charge in [-0.1, -0.05) is 42.5 Å². The summed E-state index contributed by atoms with van der Waals surface area (Å²) in [5.41, 5.74) is 5.05. The molecule has 1 fully saturated rings. The van der Waals surface area contributed by atoms with Crippen LogP contribution >= 0.6 is 0 Å². The number of β-amino-alcohol motifs (C(OH)–C–C–N with tert-alkyl or cyclic N) is 1. The molecular weight excluding hydrogens is 448 g/mol. The summed E-state index contributed by atoms with van der Waals surface area (Å²) in [4.78, 5) is 43.1. The summed E-state index contributed by atoms with van der Waals surface area (Å²) in [6.07, 6.45) is 0.452. The average Bonchev–Trinajstić information content (AvgIpc) is 3.29. The number of nitrogens with zero attached hydrogens (tertiary/aromatic N) is 2. The number of rotatable bonds is 9. The monoisotopic (exact) mass is 484 g/mol. The number of hydrogen-bond donors (Lipinski definition) is 3. The Morgan fingerprint density at radius 1 is 1.23 bits per heavy atom. The van der Waals surface area contributed by atoms with Crippen LogP contribution in [-0.2, 0) is 20.7 Å². The van der Waals surface area contributed by atoms with Gasteiger partial charge in [-0.05, 0) is 49.6 Å². The number of methoxy groups -OCH3 is 1. The minimum atomic E-state index is -1.34. The number of carbonyl (C=O) groups is 3. The smallest absolute Gasteiger partial charge is 0.327 e. The highest BCUT2D eigenvalue weighted by Crippen LogP contribution is 2.23. The van der Waals surface area contributed by atoms with Crippen molar-refractivity contribution in [2.24, 2.45) is 5.73 Å².